The number of piperazine rings is 1. The highest BCUT2D eigenvalue weighted by Crippen LogP contribution is 2.43. The molecule has 0 saturated carbocycles. The molecule has 3 amide bonds. The van der Waals surface area contributed by atoms with Gasteiger partial charge in [-0.15, -0.1) is 5.10 Å². The molecule has 9 nitrogen and oxygen atoms in total. The van der Waals surface area contributed by atoms with E-state index in [1.165, 1.54) is 17.0 Å². The Morgan fingerprint density at radius 1 is 0.935 bits per heavy atom. The lowest BCUT2D eigenvalue weighted by atomic mass is 9.71. The van der Waals surface area contributed by atoms with Crippen molar-refractivity contribution in [3.05, 3.63) is 95.6 Å². The van der Waals surface area contributed by atoms with Gasteiger partial charge in [-0.1, -0.05) is 73.7 Å². The molecule has 46 heavy (non-hydrogen) atoms. The lowest BCUT2D eigenvalue weighted by Gasteiger charge is -2.46. The van der Waals surface area contributed by atoms with Gasteiger partial charge in [0.2, 0.25) is 17.7 Å². The van der Waals surface area contributed by atoms with Gasteiger partial charge in [0, 0.05) is 31.7 Å². The van der Waals surface area contributed by atoms with Crippen molar-refractivity contribution in [1.82, 2.24) is 29.7 Å². The van der Waals surface area contributed by atoms with Crippen molar-refractivity contribution in [2.45, 2.75) is 71.8 Å². The first-order valence-electron chi connectivity index (χ1n) is 16.3. The highest BCUT2D eigenvalue weighted by molar-refractivity contribution is 6.08. The van der Waals surface area contributed by atoms with Gasteiger partial charge in [0.25, 0.3) is 0 Å². The fraction of sp³-hybridized carbons (Fsp3) is 0.472. The van der Waals surface area contributed by atoms with Gasteiger partial charge < -0.3 is 4.90 Å². The molecule has 0 radical (unpaired) electrons. The van der Waals surface area contributed by atoms with Crippen LogP contribution in [0.15, 0.2) is 72.9 Å². The van der Waals surface area contributed by atoms with Gasteiger partial charge >= 0.3 is 0 Å². The third-order valence-corrected chi connectivity index (χ3v) is 10.5. The van der Waals surface area contributed by atoms with Crippen molar-refractivity contribution >= 4 is 17.7 Å². The summed E-state index contributed by atoms with van der Waals surface area (Å²) in [5, 5.41) is 8.97. The largest absolute Gasteiger partial charge is 0.339 e. The fourth-order valence-electron chi connectivity index (χ4n) is 7.56. The summed E-state index contributed by atoms with van der Waals surface area (Å²) in [6.45, 7) is 12.1. The number of likely N-dealkylation sites (tertiary alicyclic amines) is 1. The number of rotatable bonds is 8. The number of fused-ring (bicyclic) bond motifs is 1. The van der Waals surface area contributed by atoms with Crippen molar-refractivity contribution in [2.75, 3.05) is 13.1 Å². The maximum atomic E-state index is 14.2. The number of carbonyl (C=O) groups excluding carboxylic acids is 3. The Bertz CT molecular complexity index is 1610. The molecule has 0 bridgehead atoms. The lowest BCUT2D eigenvalue weighted by Crippen LogP contribution is -2.59. The van der Waals surface area contributed by atoms with Crippen LogP contribution in [0.1, 0.15) is 57.9 Å². The van der Waals surface area contributed by atoms with Gasteiger partial charge in [-0.25, -0.2) is 9.07 Å². The van der Waals surface area contributed by atoms with Crippen LogP contribution >= 0.6 is 0 Å². The zero-order valence-corrected chi connectivity index (χ0v) is 27.2. The van der Waals surface area contributed by atoms with E-state index < -0.39 is 23.3 Å². The Morgan fingerprint density at radius 2 is 1.61 bits per heavy atom. The minimum absolute atomic E-state index is 0.0354. The Balaban J connectivity index is 1.15. The molecular weight excluding hydrogens is 583 g/mol. The topological polar surface area (TPSA) is 91.6 Å². The summed E-state index contributed by atoms with van der Waals surface area (Å²) in [7, 11) is 0. The summed E-state index contributed by atoms with van der Waals surface area (Å²) in [6.07, 6.45) is 6.48. The van der Waals surface area contributed by atoms with E-state index in [-0.39, 0.29) is 48.1 Å². The molecule has 2 saturated heterocycles. The van der Waals surface area contributed by atoms with Gasteiger partial charge in [0.1, 0.15) is 5.82 Å². The first-order valence-corrected chi connectivity index (χ1v) is 16.3. The standard InChI is InChI=1S/C36H43FN6O3/c1-6-36(5,27-13-15-28(37)16-14-27)43-22-29(38-39-43)21-41-24(3)18-40(19-25(41)4)34(45)31-23(2)12-17-30-32(31)35(46)42(33(30)44)20-26-10-8-7-9-11-26/h7-17,22-25,30-32H,6,18-21H2,1-5H3/t23?,24-,25+,30?,31?,32?,36?. The number of halogens is 1. The smallest absolute Gasteiger partial charge is 0.237 e. The quantitative estimate of drug-likeness (QED) is 0.268. The number of nitrogens with zero attached hydrogens (tertiary/aromatic N) is 6. The third kappa shape index (κ3) is 5.68. The summed E-state index contributed by atoms with van der Waals surface area (Å²) < 4.78 is 15.5. The highest BCUT2D eigenvalue weighted by atomic mass is 19.1. The lowest BCUT2D eigenvalue weighted by molar-refractivity contribution is -0.149. The van der Waals surface area contributed by atoms with E-state index in [4.69, 9.17) is 0 Å². The van der Waals surface area contributed by atoms with Gasteiger partial charge in [-0.3, -0.25) is 24.2 Å². The molecule has 6 rings (SSSR count). The second-order valence-corrected chi connectivity index (χ2v) is 13.5. The van der Waals surface area contributed by atoms with E-state index >= 15 is 0 Å². The number of benzene rings is 2. The molecule has 3 heterocycles. The van der Waals surface area contributed by atoms with E-state index in [1.807, 2.05) is 65.2 Å². The maximum absolute atomic E-state index is 14.2. The zero-order chi connectivity index (χ0) is 32.7. The molecule has 10 heteroatoms. The number of hydrogen-bond donors (Lipinski definition) is 0. The first-order chi connectivity index (χ1) is 22.0. The van der Waals surface area contributed by atoms with E-state index in [9.17, 15) is 18.8 Å². The van der Waals surface area contributed by atoms with Crippen LogP contribution in [-0.4, -0.2) is 72.6 Å². The van der Waals surface area contributed by atoms with Crippen molar-refractivity contribution in [3.63, 3.8) is 0 Å². The molecule has 3 aliphatic rings. The van der Waals surface area contributed by atoms with E-state index in [0.29, 0.717) is 19.6 Å². The van der Waals surface area contributed by atoms with Crippen molar-refractivity contribution < 1.29 is 18.8 Å². The Hall–Kier alpha value is -4.18. The van der Waals surface area contributed by atoms with Crippen LogP contribution < -0.4 is 0 Å². The van der Waals surface area contributed by atoms with Crippen LogP contribution in [-0.2, 0) is 33.0 Å². The molecule has 2 aromatic carbocycles. The molecule has 3 aromatic rings. The SMILES string of the molecule is CCC(C)(c1ccc(F)cc1)n1cc(CN2[C@H](C)CN(C(=O)C3C(C)C=CC4C(=O)N(Cc5ccccc5)C(=O)C43)C[C@@H]2C)nn1. The number of hydrogen-bond acceptors (Lipinski definition) is 6. The van der Waals surface area contributed by atoms with Crippen molar-refractivity contribution in [2.24, 2.45) is 23.7 Å². The van der Waals surface area contributed by atoms with E-state index in [1.54, 1.807) is 12.1 Å². The molecule has 0 spiro atoms. The van der Waals surface area contributed by atoms with Crippen molar-refractivity contribution in [1.29, 1.82) is 0 Å². The van der Waals surface area contributed by atoms with Crippen LogP contribution in [0.25, 0.3) is 0 Å². The Labute approximate surface area is 270 Å². The average Bonchev–Trinajstić information content (AvgIpc) is 3.62. The van der Waals surface area contributed by atoms with E-state index in [2.05, 4.69) is 42.9 Å². The molecule has 2 fully saturated rings. The third-order valence-electron chi connectivity index (χ3n) is 10.5. The summed E-state index contributed by atoms with van der Waals surface area (Å²) in [4.78, 5) is 46.9. The van der Waals surface area contributed by atoms with Gasteiger partial charge in [0.15, 0.2) is 0 Å². The predicted octanol–water partition coefficient (Wildman–Crippen LogP) is 4.64. The minimum Gasteiger partial charge on any atom is -0.339 e. The van der Waals surface area contributed by atoms with Crippen LogP contribution in [0.2, 0.25) is 0 Å². The zero-order valence-electron chi connectivity index (χ0n) is 27.2. The minimum atomic E-state index is -0.684. The molecular formula is C36H43FN6O3. The Morgan fingerprint density at radius 3 is 2.26 bits per heavy atom. The predicted molar refractivity (Wildman–Crippen MR) is 171 cm³/mol. The van der Waals surface area contributed by atoms with Gasteiger partial charge in [0.05, 0.1) is 41.7 Å². The summed E-state index contributed by atoms with van der Waals surface area (Å²) >= 11 is 0. The second-order valence-electron chi connectivity index (χ2n) is 13.5. The number of carbonyl (C=O) groups is 3. The van der Waals surface area contributed by atoms with Gasteiger partial charge in [-0.05, 0) is 56.4 Å². The number of amides is 3. The summed E-state index contributed by atoms with van der Waals surface area (Å²) in [6, 6.07) is 16.1. The first kappa shape index (κ1) is 31.8. The fourth-order valence-corrected chi connectivity index (χ4v) is 7.56. The van der Waals surface area contributed by atoms with Crippen LogP contribution in [0.4, 0.5) is 4.39 Å². The number of imide groups is 1. The molecule has 0 N–H and O–H groups in total. The summed E-state index contributed by atoms with van der Waals surface area (Å²) in [5.41, 5.74) is 2.19. The average molecular weight is 627 g/mol. The number of aromatic nitrogens is 3. The van der Waals surface area contributed by atoms with Crippen molar-refractivity contribution in [3.8, 4) is 0 Å². The molecule has 7 atom stereocenters. The van der Waals surface area contributed by atoms with Gasteiger partial charge in [-0.2, -0.15) is 0 Å². The molecule has 1 aliphatic carbocycles. The maximum Gasteiger partial charge on any atom is 0.237 e. The highest BCUT2D eigenvalue weighted by Gasteiger charge is 2.55. The van der Waals surface area contributed by atoms with Crippen LogP contribution in [0.5, 0.6) is 0 Å². The normalized spacial score (nSPS) is 28.0. The molecule has 2 aliphatic heterocycles. The summed E-state index contributed by atoms with van der Waals surface area (Å²) in [5.74, 6) is -2.85. The molecule has 5 unspecified atom stereocenters. The monoisotopic (exact) mass is 626 g/mol. The second kappa shape index (κ2) is 12.5. The van der Waals surface area contributed by atoms with E-state index in [0.717, 1.165) is 23.2 Å². The number of allylic oxidation sites excluding steroid dienone is 1. The van der Waals surface area contributed by atoms with Crippen LogP contribution in [0, 0.1) is 29.5 Å². The Kier molecular flexibility index (Phi) is 8.67. The van der Waals surface area contributed by atoms with Crippen LogP contribution in [0.3, 0.4) is 0 Å². The molecule has 242 valence electrons. The molecule has 1 aromatic heterocycles.